The van der Waals surface area contributed by atoms with Crippen molar-refractivity contribution in [2.45, 2.75) is 142 Å². The van der Waals surface area contributed by atoms with Gasteiger partial charge in [-0.25, -0.2) is 0 Å². The van der Waals surface area contributed by atoms with Gasteiger partial charge in [0.15, 0.2) is 11.6 Å². The van der Waals surface area contributed by atoms with E-state index in [1.165, 1.54) is 51.9 Å². The topological polar surface area (TPSA) is 68.3 Å². The average Bonchev–Trinajstić information content (AvgIpc) is 2.76. The van der Waals surface area contributed by atoms with Gasteiger partial charge >= 0.3 is 0 Å². The van der Waals surface area contributed by atoms with Crippen molar-refractivity contribution in [3.8, 4) is 0 Å². The molecular formula is C28H48O4. The number of Topliss-reactive ketones (excluding diaryl/α,β-unsaturated/α-hetero) is 4. The van der Waals surface area contributed by atoms with E-state index >= 15 is 0 Å². The van der Waals surface area contributed by atoms with Crippen molar-refractivity contribution in [3.63, 3.8) is 0 Å². The molecule has 0 atom stereocenters. The zero-order valence-electron chi connectivity index (χ0n) is 20.9. The van der Waals surface area contributed by atoms with Gasteiger partial charge in [0, 0.05) is 39.0 Å². The number of unbranched alkanes of at least 4 members (excludes halogenated alkanes) is 12. The lowest BCUT2D eigenvalue weighted by atomic mass is 10.0. The fourth-order valence-electron chi connectivity index (χ4n) is 3.74. The van der Waals surface area contributed by atoms with Crippen LogP contribution >= 0.6 is 0 Å². The molecule has 0 heterocycles. The number of hydrogen-bond donors (Lipinski definition) is 0. The van der Waals surface area contributed by atoms with Crippen LogP contribution in [-0.2, 0) is 19.2 Å². The van der Waals surface area contributed by atoms with Gasteiger partial charge in [-0.3, -0.25) is 19.2 Å². The Morgan fingerprint density at radius 3 is 1.59 bits per heavy atom. The van der Waals surface area contributed by atoms with Crippen LogP contribution in [0.15, 0.2) is 12.2 Å². The third kappa shape index (κ3) is 21.6. The highest BCUT2D eigenvalue weighted by molar-refractivity contribution is 6.36. The van der Waals surface area contributed by atoms with Gasteiger partial charge in [0.2, 0.25) is 0 Å². The summed E-state index contributed by atoms with van der Waals surface area (Å²) in [5.41, 5.74) is 0. The number of carbonyl (C=O) groups excluding carboxylic acids is 4. The van der Waals surface area contributed by atoms with Gasteiger partial charge in [-0.15, -0.1) is 0 Å². The van der Waals surface area contributed by atoms with Crippen molar-refractivity contribution in [3.05, 3.63) is 12.2 Å². The molecule has 0 saturated carbocycles. The van der Waals surface area contributed by atoms with E-state index in [2.05, 4.69) is 13.0 Å². The summed E-state index contributed by atoms with van der Waals surface area (Å²) < 4.78 is 0. The monoisotopic (exact) mass is 448 g/mol. The molecule has 0 fully saturated rings. The predicted octanol–water partition coefficient (Wildman–Crippen LogP) is 7.66. The Morgan fingerprint density at radius 1 is 0.531 bits per heavy atom. The van der Waals surface area contributed by atoms with Gasteiger partial charge in [0.25, 0.3) is 0 Å². The van der Waals surface area contributed by atoms with Crippen LogP contribution in [0.3, 0.4) is 0 Å². The molecule has 0 aliphatic carbocycles. The van der Waals surface area contributed by atoms with Crippen LogP contribution in [0.2, 0.25) is 0 Å². The van der Waals surface area contributed by atoms with Crippen molar-refractivity contribution >= 4 is 23.1 Å². The average molecular weight is 449 g/mol. The number of hydrogen-bond acceptors (Lipinski definition) is 4. The summed E-state index contributed by atoms with van der Waals surface area (Å²) in [7, 11) is 0. The zero-order valence-corrected chi connectivity index (χ0v) is 20.9. The molecule has 0 aromatic carbocycles. The lowest BCUT2D eigenvalue weighted by Gasteiger charge is -2.02. The third-order valence-corrected chi connectivity index (χ3v) is 5.90. The molecule has 0 N–H and O–H groups in total. The maximum Gasteiger partial charge on any atom is 0.198 e. The largest absolute Gasteiger partial charge is 0.300 e. The minimum Gasteiger partial charge on any atom is -0.300 e. The Bertz CT molecular complexity index is 548. The van der Waals surface area contributed by atoms with E-state index in [9.17, 15) is 19.2 Å². The second-order valence-electron chi connectivity index (χ2n) is 9.12. The number of ketones is 4. The highest BCUT2D eigenvalue weighted by Crippen LogP contribution is 2.11. The maximum atomic E-state index is 11.9. The molecule has 0 unspecified atom stereocenters. The first kappa shape index (κ1) is 30.4. The smallest absolute Gasteiger partial charge is 0.198 e. The Kier molecular flexibility index (Phi) is 21.5. The molecule has 0 aromatic heterocycles. The highest BCUT2D eigenvalue weighted by Gasteiger charge is 2.07. The van der Waals surface area contributed by atoms with Gasteiger partial charge in [-0.05, 0) is 38.5 Å². The molecular weight excluding hydrogens is 400 g/mol. The van der Waals surface area contributed by atoms with Crippen LogP contribution in [0, 0.1) is 0 Å². The molecule has 184 valence electrons. The van der Waals surface area contributed by atoms with E-state index in [1.807, 2.05) is 6.08 Å². The van der Waals surface area contributed by atoms with Crippen LogP contribution in [0.4, 0.5) is 0 Å². The second kappa shape index (κ2) is 22.6. The van der Waals surface area contributed by atoms with Crippen LogP contribution < -0.4 is 0 Å². The lowest BCUT2D eigenvalue weighted by Crippen LogP contribution is -2.08. The molecule has 0 amide bonds. The van der Waals surface area contributed by atoms with E-state index in [-0.39, 0.29) is 11.6 Å². The first-order chi connectivity index (χ1) is 15.5. The Balaban J connectivity index is 3.44. The fraction of sp³-hybridized carbons (Fsp3) is 0.786. The van der Waals surface area contributed by atoms with Crippen molar-refractivity contribution < 1.29 is 19.2 Å². The first-order valence-corrected chi connectivity index (χ1v) is 13.2. The molecule has 32 heavy (non-hydrogen) atoms. The summed E-state index contributed by atoms with van der Waals surface area (Å²) in [6, 6.07) is 0. The van der Waals surface area contributed by atoms with Crippen LogP contribution in [0.5, 0.6) is 0 Å². The zero-order chi connectivity index (χ0) is 23.9. The number of carbonyl (C=O) groups is 4. The maximum absolute atomic E-state index is 11.9. The SMILES string of the molecule is CCCCCCCCCC=CCC(=O)CCCCCC(=O)CCCCCCC(=O)C(C)=O. The molecule has 0 aliphatic rings. The molecule has 0 aromatic rings. The quantitative estimate of drug-likeness (QED) is 0.0863. The van der Waals surface area contributed by atoms with E-state index in [4.69, 9.17) is 0 Å². The number of rotatable bonds is 24. The first-order valence-electron chi connectivity index (χ1n) is 13.2. The van der Waals surface area contributed by atoms with Gasteiger partial charge in [-0.1, -0.05) is 76.9 Å². The minimum atomic E-state index is -0.364. The molecule has 0 rings (SSSR count). The summed E-state index contributed by atoms with van der Waals surface area (Å²) >= 11 is 0. The van der Waals surface area contributed by atoms with Crippen molar-refractivity contribution in [2.24, 2.45) is 0 Å². The molecule has 0 aliphatic heterocycles. The molecule has 4 nitrogen and oxygen atoms in total. The summed E-state index contributed by atoms with van der Waals surface area (Å²) in [5, 5.41) is 0. The molecule has 0 saturated heterocycles. The minimum absolute atomic E-state index is 0.293. The lowest BCUT2D eigenvalue weighted by molar-refractivity contribution is -0.135. The summed E-state index contributed by atoms with van der Waals surface area (Å²) in [6.07, 6.45) is 23.3. The van der Waals surface area contributed by atoms with Gasteiger partial charge < -0.3 is 0 Å². The molecule has 0 spiro atoms. The van der Waals surface area contributed by atoms with E-state index in [1.54, 1.807) is 0 Å². The van der Waals surface area contributed by atoms with Gasteiger partial charge in [-0.2, -0.15) is 0 Å². The van der Waals surface area contributed by atoms with Crippen LogP contribution in [-0.4, -0.2) is 23.1 Å². The van der Waals surface area contributed by atoms with Crippen molar-refractivity contribution in [1.29, 1.82) is 0 Å². The summed E-state index contributed by atoms with van der Waals surface area (Å²) in [4.78, 5) is 45.9. The Morgan fingerprint density at radius 2 is 1.00 bits per heavy atom. The Hall–Kier alpha value is -1.58. The van der Waals surface area contributed by atoms with E-state index in [0.29, 0.717) is 43.7 Å². The van der Waals surface area contributed by atoms with Crippen LogP contribution in [0.25, 0.3) is 0 Å². The normalized spacial score (nSPS) is 11.2. The highest BCUT2D eigenvalue weighted by atomic mass is 16.2. The van der Waals surface area contributed by atoms with Gasteiger partial charge in [0.05, 0.1) is 0 Å². The summed E-state index contributed by atoms with van der Waals surface area (Å²) in [5.74, 6) is -0.0592. The fourth-order valence-corrected chi connectivity index (χ4v) is 3.74. The van der Waals surface area contributed by atoms with Crippen molar-refractivity contribution in [2.75, 3.05) is 0 Å². The standard InChI is InChI=1S/C28H48O4/c1-3-4-5-6-7-8-9-10-11-15-20-26(30)22-17-14-18-23-27(31)21-16-12-13-19-24-28(32)25(2)29/h11,15H,3-10,12-14,16-24H2,1-2H3. The molecule has 0 bridgehead atoms. The number of allylic oxidation sites excluding steroid dienone is 2. The van der Waals surface area contributed by atoms with Crippen LogP contribution in [0.1, 0.15) is 142 Å². The van der Waals surface area contributed by atoms with Gasteiger partial charge in [0.1, 0.15) is 11.6 Å². The second-order valence-corrected chi connectivity index (χ2v) is 9.12. The predicted molar refractivity (Wildman–Crippen MR) is 133 cm³/mol. The van der Waals surface area contributed by atoms with Crippen molar-refractivity contribution in [1.82, 2.24) is 0 Å². The van der Waals surface area contributed by atoms with E-state index in [0.717, 1.165) is 51.4 Å². The molecule has 0 radical (unpaired) electrons. The Labute approximate surface area is 197 Å². The summed E-state index contributed by atoms with van der Waals surface area (Å²) in [6.45, 7) is 3.55. The van der Waals surface area contributed by atoms with E-state index < -0.39 is 0 Å². The molecule has 4 heteroatoms. The third-order valence-electron chi connectivity index (χ3n) is 5.90.